The van der Waals surface area contributed by atoms with E-state index in [9.17, 15) is 19.1 Å². The summed E-state index contributed by atoms with van der Waals surface area (Å²) in [5.74, 6) is 0.390. The highest BCUT2D eigenvalue weighted by atomic mass is 19.1. The molecule has 3 heterocycles. The van der Waals surface area contributed by atoms with E-state index in [0.717, 1.165) is 12.8 Å². The molecular weight excluding hydrogens is 463 g/mol. The number of carbonyl (C=O) groups is 2. The summed E-state index contributed by atoms with van der Waals surface area (Å²) in [6.45, 7) is 4.84. The number of ether oxygens (including phenoxy) is 1. The minimum absolute atomic E-state index is 0.0131. The van der Waals surface area contributed by atoms with E-state index in [1.807, 2.05) is 0 Å². The summed E-state index contributed by atoms with van der Waals surface area (Å²) in [4.78, 5) is 34.7. The fourth-order valence-electron chi connectivity index (χ4n) is 4.83. The summed E-state index contributed by atoms with van der Waals surface area (Å²) in [7, 11) is 0. The Hall–Kier alpha value is -3.46. The lowest BCUT2D eigenvalue weighted by molar-refractivity contribution is -0.134. The molecule has 3 aromatic rings. The first-order valence-corrected chi connectivity index (χ1v) is 12.5. The number of nitrogens with zero attached hydrogens (tertiary/aromatic N) is 2. The zero-order valence-electron chi connectivity index (χ0n) is 20.5. The Bertz CT molecular complexity index is 1300. The average molecular weight is 495 g/mol. The van der Waals surface area contributed by atoms with Crippen molar-refractivity contribution in [2.24, 2.45) is 5.92 Å². The Labute approximate surface area is 208 Å². The van der Waals surface area contributed by atoms with E-state index in [1.165, 1.54) is 12.1 Å². The van der Waals surface area contributed by atoms with Crippen LogP contribution in [0.5, 0.6) is 5.75 Å². The van der Waals surface area contributed by atoms with Crippen molar-refractivity contribution in [3.8, 4) is 16.9 Å². The maximum atomic E-state index is 14.3. The second-order valence-corrected chi connectivity index (χ2v) is 9.73. The molecule has 1 aromatic carbocycles. The van der Waals surface area contributed by atoms with Crippen LogP contribution in [0.3, 0.4) is 0 Å². The van der Waals surface area contributed by atoms with Gasteiger partial charge < -0.3 is 25.0 Å². The van der Waals surface area contributed by atoms with Crippen LogP contribution in [-0.4, -0.2) is 63.6 Å². The summed E-state index contributed by atoms with van der Waals surface area (Å²) in [5, 5.41) is 13.5. The first kappa shape index (κ1) is 24.2. The number of likely N-dealkylation sites (tertiary alicyclic amines) is 1. The number of hydrogen-bond acceptors (Lipinski definition) is 5. The lowest BCUT2D eigenvalue weighted by atomic mass is 10.0. The molecule has 1 saturated carbocycles. The second-order valence-electron chi connectivity index (χ2n) is 9.73. The number of halogens is 1. The van der Waals surface area contributed by atoms with E-state index in [2.05, 4.69) is 15.3 Å². The van der Waals surface area contributed by atoms with Gasteiger partial charge in [-0.05, 0) is 56.4 Å². The third-order valence-electron chi connectivity index (χ3n) is 7.06. The van der Waals surface area contributed by atoms with E-state index in [0.29, 0.717) is 71.1 Å². The third-order valence-corrected chi connectivity index (χ3v) is 7.06. The van der Waals surface area contributed by atoms with E-state index < -0.39 is 12.1 Å². The van der Waals surface area contributed by atoms with Crippen molar-refractivity contribution in [2.75, 3.05) is 19.7 Å². The molecule has 0 spiro atoms. The van der Waals surface area contributed by atoms with Crippen molar-refractivity contribution >= 4 is 22.8 Å². The van der Waals surface area contributed by atoms with E-state index in [1.54, 1.807) is 37.1 Å². The highest BCUT2D eigenvalue weighted by Crippen LogP contribution is 2.38. The van der Waals surface area contributed by atoms with E-state index >= 15 is 0 Å². The Morgan fingerprint density at radius 3 is 2.78 bits per heavy atom. The molecule has 36 heavy (non-hydrogen) atoms. The number of carbonyl (C=O) groups excluding carboxylic acids is 2. The largest absolute Gasteiger partial charge is 0.493 e. The molecule has 5 rings (SSSR count). The van der Waals surface area contributed by atoms with Crippen molar-refractivity contribution in [1.29, 1.82) is 0 Å². The van der Waals surface area contributed by atoms with Crippen molar-refractivity contribution < 1.29 is 23.8 Å². The summed E-state index contributed by atoms with van der Waals surface area (Å²) in [6, 6.07) is 5.77. The van der Waals surface area contributed by atoms with Crippen molar-refractivity contribution in [1.82, 2.24) is 20.2 Å². The SMILES string of the molecule is CCC(=O)N1CC[C@@H](NC(=O)c2c(C)[nH]c3c(-c4cc(F)ccc4OCC4CC4)ccnc23)[C@@H](O)C1. The zero-order chi connectivity index (χ0) is 25.4. The molecule has 1 saturated heterocycles. The van der Waals surface area contributed by atoms with Crippen molar-refractivity contribution in [2.45, 2.75) is 51.7 Å². The Kier molecular flexibility index (Phi) is 6.66. The van der Waals surface area contributed by atoms with Gasteiger partial charge in [-0.15, -0.1) is 0 Å². The Morgan fingerprint density at radius 2 is 2.06 bits per heavy atom. The first-order chi connectivity index (χ1) is 17.4. The number of piperidine rings is 1. The number of rotatable bonds is 7. The average Bonchev–Trinajstić information content (AvgIpc) is 3.63. The van der Waals surface area contributed by atoms with Gasteiger partial charge in [0.05, 0.1) is 29.8 Å². The highest BCUT2D eigenvalue weighted by Gasteiger charge is 2.32. The lowest BCUT2D eigenvalue weighted by Crippen LogP contribution is -2.55. The van der Waals surface area contributed by atoms with Gasteiger partial charge in [0.15, 0.2) is 0 Å². The minimum atomic E-state index is -0.856. The van der Waals surface area contributed by atoms with Crippen LogP contribution in [0.4, 0.5) is 4.39 Å². The number of aliphatic hydroxyl groups excluding tert-OH is 1. The number of nitrogens with one attached hydrogen (secondary N) is 2. The van der Waals surface area contributed by atoms with Gasteiger partial charge >= 0.3 is 0 Å². The molecule has 1 aliphatic heterocycles. The van der Waals surface area contributed by atoms with Crippen LogP contribution >= 0.6 is 0 Å². The molecule has 190 valence electrons. The maximum Gasteiger partial charge on any atom is 0.255 e. The predicted octanol–water partition coefficient (Wildman–Crippen LogP) is 3.57. The van der Waals surface area contributed by atoms with Gasteiger partial charge in [-0.25, -0.2) is 4.39 Å². The van der Waals surface area contributed by atoms with E-state index in [-0.39, 0.29) is 24.2 Å². The van der Waals surface area contributed by atoms with E-state index in [4.69, 9.17) is 4.74 Å². The summed E-state index contributed by atoms with van der Waals surface area (Å²) < 4.78 is 20.3. The number of fused-ring (bicyclic) bond motifs is 1. The van der Waals surface area contributed by atoms with Crippen molar-refractivity contribution in [3.05, 3.63) is 47.5 Å². The Balaban J connectivity index is 1.42. The summed E-state index contributed by atoms with van der Waals surface area (Å²) >= 11 is 0. The first-order valence-electron chi connectivity index (χ1n) is 12.5. The van der Waals surface area contributed by atoms with Gasteiger partial charge in [0, 0.05) is 42.5 Å². The molecule has 2 amide bonds. The minimum Gasteiger partial charge on any atom is -0.493 e. The fraction of sp³-hybridized carbons (Fsp3) is 0.444. The third kappa shape index (κ3) is 4.80. The van der Waals surface area contributed by atoms with Gasteiger partial charge in [0.2, 0.25) is 5.91 Å². The molecule has 1 aliphatic carbocycles. The van der Waals surface area contributed by atoms with Crippen LogP contribution in [0.2, 0.25) is 0 Å². The number of pyridine rings is 1. The van der Waals surface area contributed by atoms with Crippen molar-refractivity contribution in [3.63, 3.8) is 0 Å². The molecule has 0 bridgehead atoms. The van der Waals surface area contributed by atoms with Gasteiger partial charge in [0.1, 0.15) is 17.1 Å². The summed E-state index contributed by atoms with van der Waals surface area (Å²) in [6.07, 6.45) is 3.88. The molecule has 2 aliphatic rings. The standard InChI is InChI=1S/C27H31FN4O4/c1-3-23(34)32-11-9-20(21(33)13-32)31-27(35)24-15(2)30-25-18(8-10-29-26(24)25)19-12-17(28)6-7-22(19)36-14-16-4-5-16/h6-8,10,12,16,20-21,30,33H,3-5,9,11,13-14H2,1-2H3,(H,31,35)/t20-,21+/m1/s1. The lowest BCUT2D eigenvalue weighted by Gasteiger charge is -2.36. The van der Waals surface area contributed by atoms with Crippen LogP contribution in [0.25, 0.3) is 22.2 Å². The predicted molar refractivity (Wildman–Crippen MR) is 133 cm³/mol. The molecule has 9 heteroatoms. The molecular formula is C27H31FN4O4. The number of aromatic amines is 1. The normalized spacial score (nSPS) is 19.9. The van der Waals surface area contributed by atoms with Gasteiger partial charge in [0.25, 0.3) is 5.91 Å². The number of H-pyrrole nitrogens is 1. The van der Waals surface area contributed by atoms with Crippen LogP contribution in [0.15, 0.2) is 30.5 Å². The number of amides is 2. The number of β-amino-alcohol motifs (C(OH)–C–C–N with tert-alkyl or cyclic N) is 1. The van der Waals surface area contributed by atoms with Gasteiger partial charge in [-0.3, -0.25) is 14.6 Å². The highest BCUT2D eigenvalue weighted by molar-refractivity contribution is 6.09. The number of hydrogen-bond donors (Lipinski definition) is 3. The van der Waals surface area contributed by atoms with Gasteiger partial charge in [-0.2, -0.15) is 0 Å². The van der Waals surface area contributed by atoms with Crippen LogP contribution in [0.1, 0.15) is 48.7 Å². The quantitative estimate of drug-likeness (QED) is 0.466. The molecule has 2 aromatic heterocycles. The van der Waals surface area contributed by atoms with Crippen LogP contribution in [-0.2, 0) is 4.79 Å². The van der Waals surface area contributed by atoms with Gasteiger partial charge in [-0.1, -0.05) is 6.92 Å². The maximum absolute atomic E-state index is 14.3. The second kappa shape index (κ2) is 9.89. The smallest absolute Gasteiger partial charge is 0.255 e. The summed E-state index contributed by atoms with van der Waals surface area (Å²) in [5.41, 5.74) is 3.37. The molecule has 2 atom stereocenters. The molecule has 2 fully saturated rings. The van der Waals surface area contributed by atoms with Crippen LogP contribution in [0, 0.1) is 18.7 Å². The fourth-order valence-corrected chi connectivity index (χ4v) is 4.83. The Morgan fingerprint density at radius 1 is 1.25 bits per heavy atom. The number of aliphatic hydroxyl groups is 1. The number of aromatic nitrogens is 2. The topological polar surface area (TPSA) is 108 Å². The number of benzene rings is 1. The number of aryl methyl sites for hydroxylation is 1. The zero-order valence-corrected chi connectivity index (χ0v) is 20.5. The van der Waals surface area contributed by atoms with Crippen LogP contribution < -0.4 is 10.1 Å². The monoisotopic (exact) mass is 494 g/mol. The molecule has 0 radical (unpaired) electrons. The molecule has 3 N–H and O–H groups in total. The molecule has 8 nitrogen and oxygen atoms in total. The molecule has 0 unspecified atom stereocenters.